The molecule has 0 unspecified atom stereocenters. The van der Waals surface area contributed by atoms with Gasteiger partial charge in [-0.25, -0.2) is 13.8 Å². The van der Waals surface area contributed by atoms with Gasteiger partial charge in [0, 0.05) is 10.9 Å². The number of esters is 1. The third kappa shape index (κ3) is 4.11. The molecule has 0 aliphatic heterocycles. The van der Waals surface area contributed by atoms with E-state index in [4.69, 9.17) is 4.74 Å². The molecule has 1 aromatic rings. The highest BCUT2D eigenvalue weighted by molar-refractivity contribution is 14.1. The van der Waals surface area contributed by atoms with Gasteiger partial charge < -0.3 is 4.74 Å². The van der Waals surface area contributed by atoms with Crippen molar-refractivity contribution in [2.24, 2.45) is 0 Å². The summed E-state index contributed by atoms with van der Waals surface area (Å²) in [5.41, 5.74) is 0.355. The van der Waals surface area contributed by atoms with Crippen LogP contribution >= 0.6 is 38.5 Å². The zero-order chi connectivity index (χ0) is 13.7. The molecular formula is C11H11BrF2INO2. The van der Waals surface area contributed by atoms with E-state index in [1.807, 2.05) is 22.6 Å². The number of halogens is 4. The van der Waals surface area contributed by atoms with Crippen molar-refractivity contribution in [3.8, 4) is 0 Å². The first-order valence-electron chi connectivity index (χ1n) is 5.17. The fraction of sp³-hybridized carbons (Fsp3) is 0.455. The van der Waals surface area contributed by atoms with Crippen molar-refractivity contribution >= 4 is 44.5 Å². The summed E-state index contributed by atoms with van der Waals surface area (Å²) >= 11 is 5.09. The molecular weight excluding hydrogens is 423 g/mol. The standard InChI is InChI=1S/C11H11BrF2INO2/c1-2-18-9(17)4-7-10(11(13)14)6(5-12)3-8(15)16-7/h3,11H,2,4-5H2,1H3. The second kappa shape index (κ2) is 7.32. The van der Waals surface area contributed by atoms with Crippen LogP contribution in [0.4, 0.5) is 8.78 Å². The molecule has 0 radical (unpaired) electrons. The lowest BCUT2D eigenvalue weighted by molar-refractivity contribution is -0.142. The smallest absolute Gasteiger partial charge is 0.311 e. The Balaban J connectivity index is 3.15. The highest BCUT2D eigenvalue weighted by atomic mass is 127. The molecule has 0 aliphatic rings. The van der Waals surface area contributed by atoms with Crippen LogP contribution in [0.5, 0.6) is 0 Å². The van der Waals surface area contributed by atoms with Crippen molar-refractivity contribution in [2.45, 2.75) is 25.1 Å². The fourth-order valence-electron chi connectivity index (χ4n) is 1.49. The molecule has 0 saturated heterocycles. The minimum Gasteiger partial charge on any atom is -0.466 e. The average molecular weight is 434 g/mol. The van der Waals surface area contributed by atoms with E-state index >= 15 is 0 Å². The molecule has 0 fully saturated rings. The summed E-state index contributed by atoms with van der Waals surface area (Å²) in [4.78, 5) is 15.4. The Morgan fingerprint density at radius 3 is 2.78 bits per heavy atom. The van der Waals surface area contributed by atoms with Gasteiger partial charge in [-0.3, -0.25) is 4.79 Å². The topological polar surface area (TPSA) is 39.2 Å². The van der Waals surface area contributed by atoms with E-state index in [0.29, 0.717) is 14.6 Å². The molecule has 3 nitrogen and oxygen atoms in total. The monoisotopic (exact) mass is 433 g/mol. The van der Waals surface area contributed by atoms with Crippen LogP contribution in [-0.4, -0.2) is 17.6 Å². The molecule has 0 spiro atoms. The summed E-state index contributed by atoms with van der Waals surface area (Å²) in [7, 11) is 0. The third-order valence-electron chi connectivity index (χ3n) is 2.17. The molecule has 18 heavy (non-hydrogen) atoms. The zero-order valence-electron chi connectivity index (χ0n) is 9.55. The molecule has 0 amide bonds. The van der Waals surface area contributed by atoms with Crippen molar-refractivity contribution in [2.75, 3.05) is 6.61 Å². The predicted molar refractivity (Wildman–Crippen MR) is 74.9 cm³/mol. The summed E-state index contributed by atoms with van der Waals surface area (Å²) in [6, 6.07) is 1.57. The van der Waals surface area contributed by atoms with Gasteiger partial charge in [-0.05, 0) is 41.1 Å². The number of hydrogen-bond acceptors (Lipinski definition) is 3. The third-order valence-corrected chi connectivity index (χ3v) is 3.33. The van der Waals surface area contributed by atoms with Gasteiger partial charge in [0.2, 0.25) is 0 Å². The van der Waals surface area contributed by atoms with E-state index in [0.717, 1.165) is 0 Å². The first kappa shape index (κ1) is 15.7. The van der Waals surface area contributed by atoms with Gasteiger partial charge in [0.05, 0.1) is 18.7 Å². The van der Waals surface area contributed by atoms with Crippen molar-refractivity contribution in [3.05, 3.63) is 26.6 Å². The second-order valence-electron chi connectivity index (χ2n) is 3.38. The summed E-state index contributed by atoms with van der Waals surface area (Å²) in [5.74, 6) is -0.547. The highest BCUT2D eigenvalue weighted by Crippen LogP contribution is 2.29. The van der Waals surface area contributed by atoms with E-state index in [1.165, 1.54) is 0 Å². The minimum absolute atomic E-state index is 0.0878. The molecule has 1 aromatic heterocycles. The van der Waals surface area contributed by atoms with E-state index in [1.54, 1.807) is 13.0 Å². The molecule has 0 atom stereocenters. The number of nitrogens with zero attached hydrogens (tertiary/aromatic N) is 1. The van der Waals surface area contributed by atoms with Crippen molar-refractivity contribution < 1.29 is 18.3 Å². The van der Waals surface area contributed by atoms with E-state index in [-0.39, 0.29) is 24.3 Å². The molecule has 0 aromatic carbocycles. The van der Waals surface area contributed by atoms with Crippen LogP contribution in [0.25, 0.3) is 0 Å². The Labute approximate surface area is 126 Å². The summed E-state index contributed by atoms with van der Waals surface area (Å²) in [6.45, 7) is 1.89. The number of alkyl halides is 3. The first-order valence-corrected chi connectivity index (χ1v) is 7.37. The van der Waals surface area contributed by atoms with Crippen molar-refractivity contribution in [1.82, 2.24) is 4.98 Å². The number of rotatable bonds is 5. The number of ether oxygens (including phenoxy) is 1. The van der Waals surface area contributed by atoms with E-state index < -0.39 is 12.4 Å². The first-order chi connectivity index (χ1) is 8.49. The average Bonchev–Trinajstić information content (AvgIpc) is 2.27. The van der Waals surface area contributed by atoms with Gasteiger partial charge in [-0.15, -0.1) is 0 Å². The number of hydrogen-bond donors (Lipinski definition) is 0. The minimum atomic E-state index is -2.66. The Morgan fingerprint density at radius 2 is 2.28 bits per heavy atom. The SMILES string of the molecule is CCOC(=O)Cc1nc(I)cc(CBr)c1C(F)F. The van der Waals surface area contributed by atoms with Crippen molar-refractivity contribution in [3.63, 3.8) is 0 Å². The molecule has 0 bridgehead atoms. The molecule has 0 N–H and O–H groups in total. The van der Waals surface area contributed by atoms with Crippen LogP contribution in [0.2, 0.25) is 0 Å². The van der Waals surface area contributed by atoms with Gasteiger partial charge in [0.1, 0.15) is 3.70 Å². The lowest BCUT2D eigenvalue weighted by Crippen LogP contribution is -2.13. The van der Waals surface area contributed by atoms with Crippen LogP contribution < -0.4 is 0 Å². The highest BCUT2D eigenvalue weighted by Gasteiger charge is 2.21. The number of aromatic nitrogens is 1. The molecule has 0 saturated carbocycles. The van der Waals surface area contributed by atoms with Crippen molar-refractivity contribution in [1.29, 1.82) is 0 Å². The summed E-state index contributed by atoms with van der Waals surface area (Å²) < 4.78 is 31.4. The predicted octanol–water partition coefficient (Wildman–Crippen LogP) is 3.62. The molecule has 0 aliphatic carbocycles. The Morgan fingerprint density at radius 1 is 1.61 bits per heavy atom. The number of carbonyl (C=O) groups excluding carboxylic acids is 1. The molecule has 1 rings (SSSR count). The van der Waals surface area contributed by atoms with E-state index in [2.05, 4.69) is 20.9 Å². The number of pyridine rings is 1. The van der Waals surface area contributed by atoms with Gasteiger partial charge >= 0.3 is 5.97 Å². The number of carbonyl (C=O) groups is 1. The molecule has 1 heterocycles. The molecule has 100 valence electrons. The van der Waals surface area contributed by atoms with Gasteiger partial charge in [0.25, 0.3) is 6.43 Å². The Bertz CT molecular complexity index is 443. The maximum absolute atomic E-state index is 13.0. The van der Waals surface area contributed by atoms with Crippen LogP contribution in [0.15, 0.2) is 6.07 Å². The second-order valence-corrected chi connectivity index (χ2v) is 5.05. The Hall–Kier alpha value is -0.310. The van der Waals surface area contributed by atoms with Crippen LogP contribution in [0, 0.1) is 3.70 Å². The van der Waals surface area contributed by atoms with Gasteiger partial charge in [0.15, 0.2) is 0 Å². The maximum atomic E-state index is 13.0. The lowest BCUT2D eigenvalue weighted by Gasteiger charge is -2.12. The van der Waals surface area contributed by atoms with E-state index in [9.17, 15) is 13.6 Å². The van der Waals surface area contributed by atoms with Gasteiger partial charge in [-0.1, -0.05) is 15.9 Å². The van der Waals surface area contributed by atoms with Crippen LogP contribution in [0.3, 0.4) is 0 Å². The summed E-state index contributed by atoms with van der Waals surface area (Å²) in [5, 5.41) is 0.293. The van der Waals surface area contributed by atoms with Gasteiger partial charge in [-0.2, -0.15) is 0 Å². The summed E-state index contributed by atoms with van der Waals surface area (Å²) in [6.07, 6.45) is -2.89. The lowest BCUT2D eigenvalue weighted by atomic mass is 10.1. The zero-order valence-corrected chi connectivity index (χ0v) is 13.3. The maximum Gasteiger partial charge on any atom is 0.311 e. The van der Waals surface area contributed by atoms with Crippen LogP contribution in [-0.2, 0) is 21.3 Å². The quantitative estimate of drug-likeness (QED) is 0.308. The van der Waals surface area contributed by atoms with Crippen LogP contribution in [0.1, 0.15) is 30.2 Å². The largest absolute Gasteiger partial charge is 0.466 e. The fourth-order valence-corrected chi connectivity index (χ4v) is 2.62. The molecule has 7 heteroatoms. The Kier molecular flexibility index (Phi) is 6.40. The normalized spacial score (nSPS) is 10.8.